The first kappa shape index (κ1) is 21.0. The monoisotopic (exact) mass is 442 g/mol. The summed E-state index contributed by atoms with van der Waals surface area (Å²) in [6.07, 6.45) is 2.21. The number of hydrogen-bond donors (Lipinski definition) is 0. The molecule has 0 N–H and O–H groups in total. The van der Waals surface area contributed by atoms with Crippen LogP contribution in [0, 0.1) is 6.92 Å². The number of benzene rings is 2. The first-order valence-electron chi connectivity index (χ1n) is 10.9. The van der Waals surface area contributed by atoms with Crippen LogP contribution in [0.15, 0.2) is 82.2 Å². The molecule has 0 saturated carbocycles. The fourth-order valence-corrected chi connectivity index (χ4v) is 4.29. The molecular formula is C26H26N4O3. The van der Waals surface area contributed by atoms with E-state index in [-0.39, 0.29) is 5.56 Å². The number of nitrogens with zero attached hydrogens (tertiary/aromatic N) is 4. The molecule has 3 heterocycles. The molecule has 0 aliphatic carbocycles. The number of aryl methyl sites for hydroxylation is 1. The van der Waals surface area contributed by atoms with Crippen LogP contribution in [0.1, 0.15) is 22.6 Å². The number of furan rings is 1. The molecule has 1 aliphatic heterocycles. The number of anilines is 2. The fourth-order valence-electron chi connectivity index (χ4n) is 4.29. The molecular weight excluding hydrogens is 416 g/mol. The van der Waals surface area contributed by atoms with Crippen molar-refractivity contribution >= 4 is 11.6 Å². The van der Waals surface area contributed by atoms with E-state index in [1.54, 1.807) is 17.9 Å². The van der Waals surface area contributed by atoms with Crippen molar-refractivity contribution in [2.45, 2.75) is 26.6 Å². The lowest BCUT2D eigenvalue weighted by molar-refractivity contribution is 0.175. The third kappa shape index (κ3) is 4.15. The van der Waals surface area contributed by atoms with E-state index in [4.69, 9.17) is 14.1 Å². The summed E-state index contributed by atoms with van der Waals surface area (Å²) in [6.45, 7) is 3.46. The van der Waals surface area contributed by atoms with Crippen LogP contribution in [0.3, 0.4) is 0 Å². The van der Waals surface area contributed by atoms with Gasteiger partial charge in [0.1, 0.15) is 11.5 Å². The Kier molecular flexibility index (Phi) is 5.71. The van der Waals surface area contributed by atoms with Gasteiger partial charge >= 0.3 is 0 Å². The normalized spacial score (nSPS) is 13.7. The maximum atomic E-state index is 13.7. The van der Waals surface area contributed by atoms with Gasteiger partial charge in [0.25, 0.3) is 5.56 Å². The highest BCUT2D eigenvalue weighted by atomic mass is 16.5. The van der Waals surface area contributed by atoms with Crippen LogP contribution in [0.2, 0.25) is 0 Å². The van der Waals surface area contributed by atoms with Gasteiger partial charge in [0.05, 0.1) is 44.6 Å². The number of para-hydroxylation sites is 2. The van der Waals surface area contributed by atoms with Gasteiger partial charge in [-0.2, -0.15) is 0 Å². The lowest BCUT2D eigenvalue weighted by Crippen LogP contribution is -2.47. The summed E-state index contributed by atoms with van der Waals surface area (Å²) in [5.74, 6) is 2.19. The number of fused-ring (bicyclic) bond motifs is 1. The Bertz CT molecular complexity index is 1300. The van der Waals surface area contributed by atoms with Gasteiger partial charge in [0, 0.05) is 12.0 Å². The minimum Gasteiger partial charge on any atom is -0.495 e. The second kappa shape index (κ2) is 8.96. The van der Waals surface area contributed by atoms with E-state index in [1.165, 1.54) is 0 Å². The average molecular weight is 443 g/mol. The van der Waals surface area contributed by atoms with Crippen LogP contribution >= 0.6 is 0 Å². The van der Waals surface area contributed by atoms with Crippen molar-refractivity contribution in [2.75, 3.05) is 18.7 Å². The summed E-state index contributed by atoms with van der Waals surface area (Å²) < 4.78 is 13.0. The van der Waals surface area contributed by atoms with Crippen LogP contribution in [-0.2, 0) is 19.6 Å². The number of hydrogen-bond acceptors (Lipinski definition) is 6. The molecule has 0 atom stereocenters. The minimum atomic E-state index is -0.0228. The number of ether oxygens (including phenoxy) is 1. The molecule has 0 bridgehead atoms. The highest BCUT2D eigenvalue weighted by molar-refractivity contribution is 5.66. The predicted octanol–water partition coefficient (Wildman–Crippen LogP) is 4.31. The zero-order valence-corrected chi connectivity index (χ0v) is 18.8. The van der Waals surface area contributed by atoms with Gasteiger partial charge in [-0.15, -0.1) is 0 Å². The van der Waals surface area contributed by atoms with Crippen molar-refractivity contribution < 1.29 is 9.15 Å². The second-order valence-electron chi connectivity index (χ2n) is 8.16. The molecule has 0 spiro atoms. The molecule has 5 rings (SSSR count). The lowest BCUT2D eigenvalue weighted by atomic mass is 10.1. The van der Waals surface area contributed by atoms with Crippen molar-refractivity contribution in [3.63, 3.8) is 0 Å². The van der Waals surface area contributed by atoms with Crippen molar-refractivity contribution in [2.24, 2.45) is 0 Å². The fraction of sp³-hybridized carbons (Fsp3) is 0.231. The Morgan fingerprint density at radius 1 is 1.00 bits per heavy atom. The molecule has 2 aromatic carbocycles. The second-order valence-corrected chi connectivity index (χ2v) is 8.16. The summed E-state index contributed by atoms with van der Waals surface area (Å²) in [7, 11) is 1.65. The van der Waals surface area contributed by atoms with Crippen LogP contribution in [0.4, 0.5) is 11.6 Å². The Balaban J connectivity index is 1.61. The van der Waals surface area contributed by atoms with E-state index >= 15 is 0 Å². The molecule has 0 fully saturated rings. The summed E-state index contributed by atoms with van der Waals surface area (Å²) in [6, 6.07) is 21.6. The largest absolute Gasteiger partial charge is 0.495 e. The molecule has 0 saturated heterocycles. The van der Waals surface area contributed by atoms with Gasteiger partial charge < -0.3 is 9.15 Å². The lowest BCUT2D eigenvalue weighted by Gasteiger charge is -2.38. The van der Waals surface area contributed by atoms with Crippen molar-refractivity contribution in [1.29, 1.82) is 0 Å². The van der Waals surface area contributed by atoms with E-state index in [1.807, 2.05) is 78.6 Å². The molecule has 2 aromatic heterocycles. The van der Waals surface area contributed by atoms with Gasteiger partial charge in [0.15, 0.2) is 0 Å². The SMILES string of the molecule is COc1ccccc1N1CN(Cc2ccco2)Cn2c1nc(C)c(Cc1ccccc1)c2=O. The Morgan fingerprint density at radius 2 is 1.79 bits per heavy atom. The van der Waals surface area contributed by atoms with E-state index in [2.05, 4.69) is 4.90 Å². The van der Waals surface area contributed by atoms with E-state index in [0.717, 1.165) is 28.5 Å². The summed E-state index contributed by atoms with van der Waals surface area (Å²) in [5.41, 5.74) is 3.38. The zero-order chi connectivity index (χ0) is 22.8. The molecule has 0 radical (unpaired) electrons. The number of aromatic nitrogens is 2. The maximum absolute atomic E-state index is 13.7. The van der Waals surface area contributed by atoms with Crippen molar-refractivity contribution in [1.82, 2.24) is 14.5 Å². The smallest absolute Gasteiger partial charge is 0.259 e. The molecule has 4 aromatic rings. The molecule has 0 amide bonds. The maximum Gasteiger partial charge on any atom is 0.259 e. The highest BCUT2D eigenvalue weighted by Gasteiger charge is 2.29. The van der Waals surface area contributed by atoms with Crippen LogP contribution in [-0.4, -0.2) is 28.2 Å². The quantitative estimate of drug-likeness (QED) is 0.443. The van der Waals surface area contributed by atoms with Gasteiger partial charge in [-0.05, 0) is 36.8 Å². The Hall–Kier alpha value is -3.84. The van der Waals surface area contributed by atoms with E-state index in [0.29, 0.717) is 37.8 Å². The third-order valence-electron chi connectivity index (χ3n) is 5.93. The van der Waals surface area contributed by atoms with Gasteiger partial charge in [0.2, 0.25) is 5.95 Å². The summed E-state index contributed by atoms with van der Waals surface area (Å²) >= 11 is 0. The Morgan fingerprint density at radius 3 is 2.55 bits per heavy atom. The summed E-state index contributed by atoms with van der Waals surface area (Å²) in [4.78, 5) is 22.8. The minimum absolute atomic E-state index is 0.0228. The topological polar surface area (TPSA) is 63.7 Å². The van der Waals surface area contributed by atoms with Crippen molar-refractivity contribution in [3.05, 3.63) is 106 Å². The molecule has 1 aliphatic rings. The molecule has 7 nitrogen and oxygen atoms in total. The zero-order valence-electron chi connectivity index (χ0n) is 18.8. The molecule has 168 valence electrons. The predicted molar refractivity (Wildman–Crippen MR) is 127 cm³/mol. The standard InChI is InChI=1S/C26H26N4O3/c1-19-22(15-20-9-4-3-5-10-20)25(31)30-18-28(16-21-11-8-14-33-21)17-29(26(30)27-19)23-12-6-7-13-24(23)32-2/h3-14H,15-18H2,1-2H3. The average Bonchev–Trinajstić information content (AvgIpc) is 3.35. The number of rotatable bonds is 6. The number of methoxy groups -OCH3 is 1. The van der Waals surface area contributed by atoms with Crippen LogP contribution in [0.5, 0.6) is 5.75 Å². The van der Waals surface area contributed by atoms with E-state index in [9.17, 15) is 4.79 Å². The van der Waals surface area contributed by atoms with Crippen molar-refractivity contribution in [3.8, 4) is 5.75 Å². The highest BCUT2D eigenvalue weighted by Crippen LogP contribution is 2.35. The molecule has 7 heteroatoms. The van der Waals surface area contributed by atoms with Gasteiger partial charge in [-0.25, -0.2) is 4.98 Å². The van der Waals surface area contributed by atoms with E-state index < -0.39 is 0 Å². The molecule has 0 unspecified atom stereocenters. The Labute approximate surface area is 192 Å². The summed E-state index contributed by atoms with van der Waals surface area (Å²) in [5, 5.41) is 0. The van der Waals surface area contributed by atoms with Gasteiger partial charge in [-0.1, -0.05) is 42.5 Å². The van der Waals surface area contributed by atoms with Gasteiger partial charge in [-0.3, -0.25) is 19.2 Å². The third-order valence-corrected chi connectivity index (χ3v) is 5.93. The first-order valence-corrected chi connectivity index (χ1v) is 10.9. The van der Waals surface area contributed by atoms with Crippen LogP contribution in [0.25, 0.3) is 0 Å². The first-order chi connectivity index (χ1) is 16.1. The van der Waals surface area contributed by atoms with Crippen LogP contribution < -0.4 is 15.2 Å². The molecule has 33 heavy (non-hydrogen) atoms.